The average Bonchev–Trinajstić information content (AvgIpc) is 3.02. The summed E-state index contributed by atoms with van der Waals surface area (Å²) >= 11 is 7.31. The van der Waals surface area contributed by atoms with Crippen molar-refractivity contribution in [1.82, 2.24) is 15.6 Å². The zero-order chi connectivity index (χ0) is 16.8. The SMILES string of the molecule is O=C(NCCNc1ccc2ccccc2n1)NCc1ccc(Cl)s1. The lowest BCUT2D eigenvalue weighted by Crippen LogP contribution is -2.37. The first-order valence-electron chi connectivity index (χ1n) is 7.56. The molecule has 124 valence electrons. The number of urea groups is 1. The lowest BCUT2D eigenvalue weighted by molar-refractivity contribution is 0.241. The second-order valence-electron chi connectivity index (χ2n) is 5.13. The van der Waals surface area contributed by atoms with E-state index in [2.05, 4.69) is 20.9 Å². The summed E-state index contributed by atoms with van der Waals surface area (Å²) in [6.45, 7) is 1.58. The molecule has 0 saturated heterocycles. The van der Waals surface area contributed by atoms with Crippen molar-refractivity contribution < 1.29 is 4.79 Å². The minimum absolute atomic E-state index is 0.201. The standard InChI is InChI=1S/C17H17ClN4OS/c18-15-7-6-13(24-15)11-21-17(23)20-10-9-19-16-8-5-12-3-1-2-4-14(12)22-16/h1-8H,9-11H2,(H,19,22)(H2,20,21,23). The van der Waals surface area contributed by atoms with Crippen LogP contribution in [0.5, 0.6) is 0 Å². The van der Waals surface area contributed by atoms with Gasteiger partial charge in [-0.25, -0.2) is 9.78 Å². The van der Waals surface area contributed by atoms with E-state index in [0.29, 0.717) is 19.6 Å². The number of thiophene rings is 1. The highest BCUT2D eigenvalue weighted by atomic mass is 35.5. The average molecular weight is 361 g/mol. The van der Waals surface area contributed by atoms with Gasteiger partial charge in [0.25, 0.3) is 0 Å². The largest absolute Gasteiger partial charge is 0.368 e. The van der Waals surface area contributed by atoms with Crippen LogP contribution in [0.25, 0.3) is 10.9 Å². The molecule has 5 nitrogen and oxygen atoms in total. The number of anilines is 1. The summed E-state index contributed by atoms with van der Waals surface area (Å²) in [4.78, 5) is 17.3. The number of carbonyl (C=O) groups is 1. The summed E-state index contributed by atoms with van der Waals surface area (Å²) < 4.78 is 0.722. The van der Waals surface area contributed by atoms with Crippen LogP contribution < -0.4 is 16.0 Å². The molecule has 3 N–H and O–H groups in total. The summed E-state index contributed by atoms with van der Waals surface area (Å²) in [6.07, 6.45) is 0. The van der Waals surface area contributed by atoms with Crippen LogP contribution in [0.2, 0.25) is 4.34 Å². The van der Waals surface area contributed by atoms with Crippen molar-refractivity contribution in [3.63, 3.8) is 0 Å². The maximum absolute atomic E-state index is 11.7. The molecule has 0 aliphatic heterocycles. The van der Waals surface area contributed by atoms with Crippen molar-refractivity contribution in [3.05, 3.63) is 57.7 Å². The van der Waals surface area contributed by atoms with E-state index < -0.39 is 0 Å². The zero-order valence-electron chi connectivity index (χ0n) is 12.9. The monoisotopic (exact) mass is 360 g/mol. The Balaban J connectivity index is 1.38. The van der Waals surface area contributed by atoms with E-state index >= 15 is 0 Å². The molecule has 2 aromatic heterocycles. The van der Waals surface area contributed by atoms with Crippen LogP contribution >= 0.6 is 22.9 Å². The Morgan fingerprint density at radius 1 is 1.04 bits per heavy atom. The van der Waals surface area contributed by atoms with Crippen LogP contribution in [0, 0.1) is 0 Å². The van der Waals surface area contributed by atoms with Gasteiger partial charge in [0.1, 0.15) is 5.82 Å². The number of nitrogens with one attached hydrogen (secondary N) is 3. The number of hydrogen-bond acceptors (Lipinski definition) is 4. The van der Waals surface area contributed by atoms with Crippen LogP contribution in [0.15, 0.2) is 48.5 Å². The molecule has 0 fully saturated rings. The molecule has 0 atom stereocenters. The predicted molar refractivity (Wildman–Crippen MR) is 99.8 cm³/mol. The Hall–Kier alpha value is -2.31. The van der Waals surface area contributed by atoms with Crippen molar-refractivity contribution in [2.75, 3.05) is 18.4 Å². The maximum atomic E-state index is 11.7. The van der Waals surface area contributed by atoms with E-state index in [0.717, 1.165) is 25.9 Å². The summed E-state index contributed by atoms with van der Waals surface area (Å²) in [5, 5.41) is 9.90. The number of nitrogens with zero attached hydrogens (tertiary/aromatic N) is 1. The highest BCUT2D eigenvalue weighted by molar-refractivity contribution is 7.16. The molecule has 0 radical (unpaired) electrons. The van der Waals surface area contributed by atoms with Gasteiger partial charge in [0.15, 0.2) is 0 Å². The zero-order valence-corrected chi connectivity index (χ0v) is 14.5. The van der Waals surface area contributed by atoms with Gasteiger partial charge in [-0.15, -0.1) is 11.3 Å². The van der Waals surface area contributed by atoms with E-state index in [1.54, 1.807) is 0 Å². The fourth-order valence-corrected chi connectivity index (χ4v) is 3.23. The van der Waals surface area contributed by atoms with E-state index in [-0.39, 0.29) is 6.03 Å². The number of hydrogen-bond donors (Lipinski definition) is 3. The van der Waals surface area contributed by atoms with Crippen LogP contribution in [-0.2, 0) is 6.54 Å². The number of pyridine rings is 1. The predicted octanol–water partition coefficient (Wildman–Crippen LogP) is 3.86. The summed E-state index contributed by atoms with van der Waals surface area (Å²) in [7, 11) is 0. The van der Waals surface area contributed by atoms with Gasteiger partial charge >= 0.3 is 6.03 Å². The van der Waals surface area contributed by atoms with Crippen LogP contribution in [0.3, 0.4) is 0 Å². The molecule has 0 aliphatic carbocycles. The molecule has 0 saturated carbocycles. The summed E-state index contributed by atoms with van der Waals surface area (Å²) in [5.74, 6) is 0.795. The molecule has 24 heavy (non-hydrogen) atoms. The van der Waals surface area contributed by atoms with Gasteiger partial charge in [-0.05, 0) is 30.3 Å². The number of benzene rings is 1. The molecule has 3 rings (SSSR count). The Kier molecular flexibility index (Phi) is 5.51. The topological polar surface area (TPSA) is 66.0 Å². The number of carbonyl (C=O) groups excluding carboxylic acids is 1. The van der Waals surface area contributed by atoms with Gasteiger partial charge in [0, 0.05) is 23.4 Å². The van der Waals surface area contributed by atoms with Crippen molar-refractivity contribution in [2.45, 2.75) is 6.54 Å². The molecule has 3 aromatic rings. The second kappa shape index (κ2) is 7.99. The Morgan fingerprint density at radius 2 is 1.92 bits per heavy atom. The molecule has 1 aromatic carbocycles. The van der Waals surface area contributed by atoms with E-state index in [4.69, 9.17) is 11.6 Å². The first-order chi connectivity index (χ1) is 11.7. The number of fused-ring (bicyclic) bond motifs is 1. The molecule has 0 bridgehead atoms. The van der Waals surface area contributed by atoms with Gasteiger partial charge < -0.3 is 16.0 Å². The fourth-order valence-electron chi connectivity index (χ4n) is 2.21. The third-order valence-corrected chi connectivity index (χ3v) is 4.60. The summed E-state index contributed by atoms with van der Waals surface area (Å²) in [6, 6.07) is 15.4. The van der Waals surface area contributed by atoms with Crippen molar-refractivity contribution in [1.29, 1.82) is 0 Å². The van der Waals surface area contributed by atoms with Crippen molar-refractivity contribution in [2.24, 2.45) is 0 Å². The lowest BCUT2D eigenvalue weighted by Gasteiger charge is -2.09. The Morgan fingerprint density at radius 3 is 2.75 bits per heavy atom. The normalized spacial score (nSPS) is 10.5. The first kappa shape index (κ1) is 16.5. The highest BCUT2D eigenvalue weighted by Crippen LogP contribution is 2.20. The number of halogens is 1. The Labute approximate surface area is 149 Å². The van der Waals surface area contributed by atoms with Crippen molar-refractivity contribution in [3.8, 4) is 0 Å². The molecule has 0 aliphatic rings. The van der Waals surface area contributed by atoms with E-state index in [1.807, 2.05) is 48.5 Å². The first-order valence-corrected chi connectivity index (χ1v) is 8.76. The van der Waals surface area contributed by atoms with E-state index in [9.17, 15) is 4.79 Å². The third-order valence-electron chi connectivity index (χ3n) is 3.37. The van der Waals surface area contributed by atoms with Gasteiger partial charge in [-0.3, -0.25) is 0 Å². The lowest BCUT2D eigenvalue weighted by atomic mass is 10.2. The minimum Gasteiger partial charge on any atom is -0.368 e. The quantitative estimate of drug-likeness (QED) is 0.585. The van der Waals surface area contributed by atoms with Crippen LogP contribution in [0.4, 0.5) is 10.6 Å². The number of amides is 2. The molecule has 2 heterocycles. The van der Waals surface area contributed by atoms with E-state index in [1.165, 1.54) is 11.3 Å². The minimum atomic E-state index is -0.201. The second-order valence-corrected chi connectivity index (χ2v) is 6.93. The van der Waals surface area contributed by atoms with Crippen molar-refractivity contribution >= 4 is 45.7 Å². The van der Waals surface area contributed by atoms with Crippen LogP contribution in [-0.4, -0.2) is 24.1 Å². The molecule has 0 spiro atoms. The highest BCUT2D eigenvalue weighted by Gasteiger charge is 2.02. The molecule has 0 unspecified atom stereocenters. The van der Waals surface area contributed by atoms with Gasteiger partial charge in [0.2, 0.25) is 0 Å². The maximum Gasteiger partial charge on any atom is 0.315 e. The molecule has 2 amide bonds. The number of aromatic nitrogens is 1. The summed E-state index contributed by atoms with van der Waals surface area (Å²) in [5.41, 5.74) is 0.947. The Bertz CT molecular complexity index is 836. The third kappa shape index (κ3) is 4.59. The molecule has 7 heteroatoms. The van der Waals surface area contributed by atoms with Crippen LogP contribution in [0.1, 0.15) is 4.88 Å². The fraction of sp³-hybridized carbons (Fsp3) is 0.176. The smallest absolute Gasteiger partial charge is 0.315 e. The van der Waals surface area contributed by atoms with Gasteiger partial charge in [0.05, 0.1) is 16.4 Å². The number of rotatable bonds is 6. The molecular formula is C17H17ClN4OS. The number of para-hydroxylation sites is 1. The van der Waals surface area contributed by atoms with Gasteiger partial charge in [-0.2, -0.15) is 0 Å². The molecular weight excluding hydrogens is 344 g/mol. The van der Waals surface area contributed by atoms with Gasteiger partial charge in [-0.1, -0.05) is 29.8 Å².